The Labute approximate surface area is 223 Å². The van der Waals surface area contributed by atoms with Gasteiger partial charge in [-0.3, -0.25) is 0 Å². The van der Waals surface area contributed by atoms with Gasteiger partial charge in [-0.05, 0) is 31.2 Å². The summed E-state index contributed by atoms with van der Waals surface area (Å²) in [5.41, 5.74) is 0.206. The summed E-state index contributed by atoms with van der Waals surface area (Å²) in [7, 11) is 1.38. The summed E-state index contributed by atoms with van der Waals surface area (Å²) in [5, 5.41) is 36.1. The number of aliphatic hydroxyl groups excluding tert-OH is 2. The number of alkyl halides is 3. The third-order valence-corrected chi connectivity index (χ3v) is 7.47. The van der Waals surface area contributed by atoms with Crippen molar-refractivity contribution in [1.29, 1.82) is 0 Å². The summed E-state index contributed by atoms with van der Waals surface area (Å²) in [5.74, 6) is 0. The Morgan fingerprint density at radius 1 is 1.26 bits per heavy atom. The van der Waals surface area contributed by atoms with Crippen LogP contribution in [0.5, 0.6) is 0 Å². The van der Waals surface area contributed by atoms with Gasteiger partial charge in [0.2, 0.25) is 0 Å². The standard InChI is InChI=1S/C23H22ClF3N6O4S/c1-11-10-38-22(29-11)14-8-32(31-30-14)18-19(35)17(9-34)37-20(21(18)36-2)15-5-6-28-33(15)16-7-12(24)3-4-13(16)23(25,26)27/h3-8,10,17-21,34-35H,9H2,1-2H3/t17?,18-,19-,20-,21?/m0/s1. The van der Waals surface area contributed by atoms with E-state index < -0.39 is 48.8 Å². The molecule has 1 fully saturated rings. The molecule has 15 heteroatoms. The Morgan fingerprint density at radius 2 is 2.05 bits per heavy atom. The summed E-state index contributed by atoms with van der Waals surface area (Å²) in [4.78, 5) is 4.39. The number of benzene rings is 1. The number of aliphatic hydroxyl groups is 2. The van der Waals surface area contributed by atoms with E-state index in [4.69, 9.17) is 21.1 Å². The number of hydrogen-bond acceptors (Lipinski definition) is 9. The Balaban J connectivity index is 1.58. The summed E-state index contributed by atoms with van der Waals surface area (Å²) < 4.78 is 55.7. The molecule has 1 saturated heterocycles. The molecule has 0 amide bonds. The van der Waals surface area contributed by atoms with Crippen LogP contribution >= 0.6 is 22.9 Å². The van der Waals surface area contributed by atoms with Gasteiger partial charge in [-0.1, -0.05) is 16.8 Å². The average molecular weight is 571 g/mol. The van der Waals surface area contributed by atoms with E-state index >= 15 is 0 Å². The number of ether oxygens (including phenoxy) is 2. The Morgan fingerprint density at radius 3 is 2.71 bits per heavy atom. The predicted octanol–water partition coefficient (Wildman–Crippen LogP) is 3.62. The number of rotatable bonds is 6. The molecule has 5 rings (SSSR count). The van der Waals surface area contributed by atoms with Crippen LogP contribution in [0.2, 0.25) is 5.02 Å². The van der Waals surface area contributed by atoms with Crippen LogP contribution in [0.3, 0.4) is 0 Å². The van der Waals surface area contributed by atoms with Crippen LogP contribution in [0.1, 0.15) is 29.1 Å². The third-order valence-electron chi connectivity index (χ3n) is 6.25. The van der Waals surface area contributed by atoms with Gasteiger partial charge in [0.25, 0.3) is 0 Å². The Hall–Kier alpha value is -2.88. The zero-order chi connectivity index (χ0) is 27.2. The molecule has 202 valence electrons. The Kier molecular flexibility index (Phi) is 7.28. The molecular weight excluding hydrogens is 549 g/mol. The highest BCUT2D eigenvalue weighted by atomic mass is 35.5. The number of hydrogen-bond donors (Lipinski definition) is 2. The molecule has 2 N–H and O–H groups in total. The molecule has 0 aliphatic carbocycles. The van der Waals surface area contributed by atoms with Crippen LogP contribution in [0.25, 0.3) is 16.4 Å². The van der Waals surface area contributed by atoms with Gasteiger partial charge < -0.3 is 19.7 Å². The van der Waals surface area contributed by atoms with E-state index in [1.54, 1.807) is 6.20 Å². The van der Waals surface area contributed by atoms with Crippen LogP contribution in [0.15, 0.2) is 42.0 Å². The molecule has 5 atom stereocenters. The average Bonchev–Trinajstić information content (AvgIpc) is 3.63. The lowest BCUT2D eigenvalue weighted by atomic mass is 9.90. The lowest BCUT2D eigenvalue weighted by Gasteiger charge is -2.43. The van der Waals surface area contributed by atoms with E-state index in [9.17, 15) is 23.4 Å². The van der Waals surface area contributed by atoms with Gasteiger partial charge in [-0.2, -0.15) is 18.3 Å². The van der Waals surface area contributed by atoms with Crippen molar-refractivity contribution in [2.24, 2.45) is 0 Å². The minimum absolute atomic E-state index is 0.0800. The van der Waals surface area contributed by atoms with E-state index in [2.05, 4.69) is 20.4 Å². The van der Waals surface area contributed by atoms with Crippen molar-refractivity contribution in [2.45, 2.75) is 43.6 Å². The zero-order valence-electron chi connectivity index (χ0n) is 19.9. The largest absolute Gasteiger partial charge is 0.418 e. The molecule has 1 aliphatic rings. The van der Waals surface area contributed by atoms with E-state index in [1.165, 1.54) is 35.4 Å². The maximum absolute atomic E-state index is 13.9. The maximum Gasteiger partial charge on any atom is 0.418 e. The molecule has 0 bridgehead atoms. The zero-order valence-corrected chi connectivity index (χ0v) is 21.5. The van der Waals surface area contributed by atoms with Crippen LogP contribution < -0.4 is 0 Å². The first-order valence-electron chi connectivity index (χ1n) is 11.3. The van der Waals surface area contributed by atoms with Crippen molar-refractivity contribution in [3.05, 3.63) is 64.0 Å². The van der Waals surface area contributed by atoms with E-state index in [0.29, 0.717) is 10.7 Å². The molecule has 4 heterocycles. The normalized spacial score (nSPS) is 24.2. The predicted molar refractivity (Wildman–Crippen MR) is 130 cm³/mol. The first kappa shape index (κ1) is 26.7. The monoisotopic (exact) mass is 570 g/mol. The molecule has 0 saturated carbocycles. The van der Waals surface area contributed by atoms with Gasteiger partial charge in [0.15, 0.2) is 0 Å². The van der Waals surface area contributed by atoms with Crippen LogP contribution in [0.4, 0.5) is 13.2 Å². The second kappa shape index (κ2) is 10.4. The molecule has 38 heavy (non-hydrogen) atoms. The SMILES string of the molecule is COC1[C@@H](n2cc(-c3nc(C)cs3)nn2)[C@@H](O)C(CO)O[C@H]1c1ccnn1-c1cc(Cl)ccc1C(F)(F)F. The van der Waals surface area contributed by atoms with Crippen molar-refractivity contribution in [3.63, 3.8) is 0 Å². The maximum atomic E-state index is 13.9. The summed E-state index contributed by atoms with van der Waals surface area (Å²) >= 11 is 7.42. The molecule has 2 unspecified atom stereocenters. The Bertz CT molecular complexity index is 1430. The smallest absolute Gasteiger partial charge is 0.394 e. The van der Waals surface area contributed by atoms with Crippen LogP contribution in [-0.2, 0) is 15.7 Å². The number of aromatic nitrogens is 6. The number of nitrogens with zero attached hydrogens (tertiary/aromatic N) is 6. The van der Waals surface area contributed by atoms with Gasteiger partial charge >= 0.3 is 6.18 Å². The van der Waals surface area contributed by atoms with Crippen molar-refractivity contribution in [2.75, 3.05) is 13.7 Å². The number of halogens is 4. The molecule has 1 aromatic carbocycles. The fraction of sp³-hybridized carbons (Fsp3) is 0.391. The highest BCUT2D eigenvalue weighted by Gasteiger charge is 2.49. The van der Waals surface area contributed by atoms with Gasteiger partial charge in [-0.25, -0.2) is 14.3 Å². The highest BCUT2D eigenvalue weighted by Crippen LogP contribution is 2.42. The second-order valence-electron chi connectivity index (χ2n) is 8.66. The topological polar surface area (TPSA) is 120 Å². The lowest BCUT2D eigenvalue weighted by molar-refractivity contribution is -0.216. The molecule has 0 spiro atoms. The van der Waals surface area contributed by atoms with Gasteiger partial charge in [-0.15, -0.1) is 16.4 Å². The number of aryl methyl sites for hydroxylation is 1. The van der Waals surface area contributed by atoms with Crippen LogP contribution in [0, 0.1) is 6.92 Å². The molecule has 0 radical (unpaired) electrons. The summed E-state index contributed by atoms with van der Waals surface area (Å²) in [6, 6.07) is 3.72. The van der Waals surface area contributed by atoms with E-state index in [0.717, 1.165) is 28.6 Å². The first-order valence-corrected chi connectivity index (χ1v) is 12.6. The quantitative estimate of drug-likeness (QED) is 0.361. The number of thiazole rings is 1. The van der Waals surface area contributed by atoms with Crippen LogP contribution in [-0.4, -0.2) is 72.0 Å². The van der Waals surface area contributed by atoms with Gasteiger partial charge in [0, 0.05) is 29.4 Å². The minimum Gasteiger partial charge on any atom is -0.394 e. The fourth-order valence-electron chi connectivity index (χ4n) is 4.54. The molecule has 10 nitrogen and oxygen atoms in total. The number of methoxy groups -OCH3 is 1. The molecule has 3 aromatic heterocycles. The van der Waals surface area contributed by atoms with E-state index in [1.807, 2.05) is 12.3 Å². The van der Waals surface area contributed by atoms with Crippen molar-refractivity contribution < 1.29 is 32.9 Å². The molecule has 1 aliphatic heterocycles. The lowest BCUT2D eigenvalue weighted by Crippen LogP contribution is -2.53. The third kappa shape index (κ3) is 4.83. The molecular formula is C23H22ClF3N6O4S. The first-order chi connectivity index (χ1) is 18.1. The highest BCUT2D eigenvalue weighted by molar-refractivity contribution is 7.13. The van der Waals surface area contributed by atoms with Crippen molar-refractivity contribution in [1.82, 2.24) is 29.8 Å². The molecule has 4 aromatic rings. The van der Waals surface area contributed by atoms with Gasteiger partial charge in [0.1, 0.15) is 41.2 Å². The fourth-order valence-corrected chi connectivity index (χ4v) is 5.45. The second-order valence-corrected chi connectivity index (χ2v) is 9.96. The van der Waals surface area contributed by atoms with Crippen molar-refractivity contribution >= 4 is 22.9 Å². The van der Waals surface area contributed by atoms with E-state index in [-0.39, 0.29) is 16.4 Å². The van der Waals surface area contributed by atoms with Gasteiger partial charge in [0.05, 0.1) is 29.7 Å². The summed E-state index contributed by atoms with van der Waals surface area (Å²) in [6.07, 6.45) is -6.22. The van der Waals surface area contributed by atoms with Crippen molar-refractivity contribution in [3.8, 4) is 16.4 Å². The summed E-state index contributed by atoms with van der Waals surface area (Å²) in [6.45, 7) is 1.27. The minimum atomic E-state index is -4.69.